The molecule has 0 bridgehead atoms. The van der Waals surface area contributed by atoms with Crippen LogP contribution in [-0.4, -0.2) is 36.5 Å². The number of nitrogens with zero attached hydrogens (tertiary/aromatic N) is 2. The van der Waals surface area contributed by atoms with Crippen LogP contribution in [0.2, 0.25) is 0 Å². The van der Waals surface area contributed by atoms with Gasteiger partial charge in [-0.25, -0.2) is 0 Å². The van der Waals surface area contributed by atoms with E-state index in [1.165, 1.54) is 24.2 Å². The van der Waals surface area contributed by atoms with Gasteiger partial charge in [0.05, 0.1) is 18.2 Å². The summed E-state index contributed by atoms with van der Waals surface area (Å²) in [6, 6.07) is 23.3. The molecule has 0 aromatic heterocycles. The smallest absolute Gasteiger partial charge is 0.300 e. The number of anilines is 2. The Morgan fingerprint density at radius 1 is 0.889 bits per heavy atom. The average molecular weight is 483 g/mol. The Bertz CT molecular complexity index is 1280. The summed E-state index contributed by atoms with van der Waals surface area (Å²) in [4.78, 5) is 30.6. The number of rotatable bonds is 6. The molecule has 0 spiro atoms. The quantitative estimate of drug-likeness (QED) is 0.277. The first kappa shape index (κ1) is 23.7. The Morgan fingerprint density at radius 2 is 1.58 bits per heavy atom. The number of piperidine rings is 1. The molecule has 184 valence electrons. The van der Waals surface area contributed by atoms with E-state index >= 15 is 0 Å². The van der Waals surface area contributed by atoms with Crippen molar-refractivity contribution >= 4 is 28.8 Å². The number of Topliss-reactive ketones (excluding diaryl/α,β-unsaturated/α-hetero) is 1. The second kappa shape index (κ2) is 10.3. The largest absolute Gasteiger partial charge is 0.507 e. The molecule has 2 heterocycles. The molecule has 3 aromatic carbocycles. The highest BCUT2D eigenvalue weighted by Crippen LogP contribution is 2.42. The second-order valence-corrected chi connectivity index (χ2v) is 9.10. The predicted molar refractivity (Wildman–Crippen MR) is 141 cm³/mol. The van der Waals surface area contributed by atoms with Crippen molar-refractivity contribution in [1.82, 2.24) is 0 Å². The molecule has 1 unspecified atom stereocenters. The molecule has 2 aliphatic rings. The maximum absolute atomic E-state index is 13.4. The van der Waals surface area contributed by atoms with Gasteiger partial charge < -0.3 is 14.7 Å². The highest BCUT2D eigenvalue weighted by Gasteiger charge is 2.47. The van der Waals surface area contributed by atoms with Crippen LogP contribution < -0.4 is 14.5 Å². The van der Waals surface area contributed by atoms with Gasteiger partial charge in [-0.1, -0.05) is 42.5 Å². The average Bonchev–Trinajstić information content (AvgIpc) is 3.20. The standard InChI is InChI=1S/C30H30N2O4/c1-2-36-25-13-9-12-22(20-25)28(33)26-27(21-10-5-3-6-11-21)32(30(35)29(26)34)24-16-14-23(15-17-24)31-18-7-4-8-19-31/h3,5-6,9-17,20,27,33H,2,4,7-8,18-19H2,1H3/b28-26+. The lowest BCUT2D eigenvalue weighted by Gasteiger charge is -2.30. The van der Waals surface area contributed by atoms with Gasteiger partial charge in [0.2, 0.25) is 0 Å². The summed E-state index contributed by atoms with van der Waals surface area (Å²) in [6.45, 7) is 4.40. The number of carbonyl (C=O) groups excluding carboxylic acids is 2. The van der Waals surface area contributed by atoms with Gasteiger partial charge >= 0.3 is 0 Å². The lowest BCUT2D eigenvalue weighted by Crippen LogP contribution is -2.30. The number of carbonyl (C=O) groups is 2. The molecule has 5 rings (SSSR count). The molecule has 1 N–H and O–H groups in total. The van der Waals surface area contributed by atoms with E-state index in [-0.39, 0.29) is 11.3 Å². The van der Waals surface area contributed by atoms with Crippen LogP contribution in [0.15, 0.2) is 84.4 Å². The molecule has 6 heteroatoms. The van der Waals surface area contributed by atoms with Crippen LogP contribution in [0, 0.1) is 0 Å². The Hall–Kier alpha value is -4.06. The molecule has 36 heavy (non-hydrogen) atoms. The van der Waals surface area contributed by atoms with Crippen molar-refractivity contribution in [3.63, 3.8) is 0 Å². The summed E-state index contributed by atoms with van der Waals surface area (Å²) in [5, 5.41) is 11.3. The first-order valence-electron chi connectivity index (χ1n) is 12.5. The maximum Gasteiger partial charge on any atom is 0.300 e. The van der Waals surface area contributed by atoms with E-state index in [9.17, 15) is 14.7 Å². The maximum atomic E-state index is 13.4. The first-order valence-corrected chi connectivity index (χ1v) is 12.5. The summed E-state index contributed by atoms with van der Waals surface area (Å²) < 4.78 is 5.57. The number of amides is 1. The number of hydrogen-bond acceptors (Lipinski definition) is 5. The summed E-state index contributed by atoms with van der Waals surface area (Å²) in [5.41, 5.74) is 2.98. The van der Waals surface area contributed by atoms with Crippen LogP contribution >= 0.6 is 0 Å². The minimum absolute atomic E-state index is 0.0694. The number of ketones is 1. The van der Waals surface area contributed by atoms with Crippen LogP contribution in [0.25, 0.3) is 5.76 Å². The van der Waals surface area contributed by atoms with Crippen LogP contribution in [0.3, 0.4) is 0 Å². The van der Waals surface area contributed by atoms with Crippen molar-refractivity contribution in [2.24, 2.45) is 0 Å². The van der Waals surface area contributed by atoms with Gasteiger partial charge in [0.25, 0.3) is 11.7 Å². The topological polar surface area (TPSA) is 70.1 Å². The van der Waals surface area contributed by atoms with Crippen molar-refractivity contribution in [3.05, 3.63) is 95.6 Å². The SMILES string of the molecule is CCOc1cccc(/C(O)=C2\C(=O)C(=O)N(c3ccc(N4CCCCC4)cc3)C2c2ccccc2)c1. The van der Waals surface area contributed by atoms with E-state index < -0.39 is 17.7 Å². The minimum atomic E-state index is -0.747. The van der Waals surface area contributed by atoms with Crippen LogP contribution in [-0.2, 0) is 9.59 Å². The lowest BCUT2D eigenvalue weighted by molar-refractivity contribution is -0.132. The summed E-state index contributed by atoms with van der Waals surface area (Å²) in [5.74, 6) is -0.989. The summed E-state index contributed by atoms with van der Waals surface area (Å²) in [6.07, 6.45) is 3.60. The van der Waals surface area contributed by atoms with E-state index in [2.05, 4.69) is 4.90 Å². The fraction of sp³-hybridized carbons (Fsp3) is 0.267. The molecule has 6 nitrogen and oxygen atoms in total. The number of ether oxygens (including phenoxy) is 1. The fourth-order valence-corrected chi connectivity index (χ4v) is 5.08. The molecular weight excluding hydrogens is 452 g/mol. The zero-order valence-corrected chi connectivity index (χ0v) is 20.4. The molecule has 3 aromatic rings. The molecule has 0 saturated carbocycles. The minimum Gasteiger partial charge on any atom is -0.507 e. The highest BCUT2D eigenvalue weighted by molar-refractivity contribution is 6.51. The number of aliphatic hydroxyl groups excluding tert-OH is 1. The van der Waals surface area contributed by atoms with E-state index in [1.54, 1.807) is 24.3 Å². The van der Waals surface area contributed by atoms with E-state index in [0.29, 0.717) is 23.6 Å². The van der Waals surface area contributed by atoms with E-state index in [0.717, 1.165) is 24.3 Å². The van der Waals surface area contributed by atoms with Gasteiger partial charge in [0, 0.05) is 30.0 Å². The summed E-state index contributed by atoms with van der Waals surface area (Å²) in [7, 11) is 0. The molecule has 0 aliphatic carbocycles. The molecular formula is C30H30N2O4. The van der Waals surface area contributed by atoms with Gasteiger partial charge in [-0.15, -0.1) is 0 Å². The number of hydrogen-bond donors (Lipinski definition) is 1. The van der Waals surface area contributed by atoms with Gasteiger partial charge in [-0.2, -0.15) is 0 Å². The lowest BCUT2D eigenvalue weighted by atomic mass is 9.95. The molecule has 2 fully saturated rings. The molecule has 0 radical (unpaired) electrons. The van der Waals surface area contributed by atoms with Crippen molar-refractivity contribution in [2.45, 2.75) is 32.2 Å². The first-order chi connectivity index (χ1) is 17.6. The third-order valence-corrected chi connectivity index (χ3v) is 6.83. The van der Waals surface area contributed by atoms with E-state index in [1.807, 2.05) is 61.5 Å². The predicted octanol–water partition coefficient (Wildman–Crippen LogP) is 5.70. The van der Waals surface area contributed by atoms with Gasteiger partial charge in [-0.05, 0) is 68.1 Å². The third kappa shape index (κ3) is 4.47. The normalized spacial score (nSPS) is 19.5. The van der Waals surface area contributed by atoms with Gasteiger partial charge in [-0.3, -0.25) is 14.5 Å². The molecule has 1 atom stereocenters. The zero-order valence-electron chi connectivity index (χ0n) is 20.4. The molecule has 1 amide bonds. The van der Waals surface area contributed by atoms with Crippen molar-refractivity contribution in [2.75, 3.05) is 29.5 Å². The van der Waals surface area contributed by atoms with Crippen LogP contribution in [0.1, 0.15) is 43.4 Å². The van der Waals surface area contributed by atoms with Crippen molar-refractivity contribution in [1.29, 1.82) is 0 Å². The Balaban J connectivity index is 1.58. The Morgan fingerprint density at radius 3 is 2.28 bits per heavy atom. The number of benzene rings is 3. The number of aliphatic hydroxyl groups is 1. The van der Waals surface area contributed by atoms with Crippen molar-refractivity contribution in [3.8, 4) is 5.75 Å². The highest BCUT2D eigenvalue weighted by atomic mass is 16.5. The fourth-order valence-electron chi connectivity index (χ4n) is 5.08. The van der Waals surface area contributed by atoms with Gasteiger partial charge in [0.15, 0.2) is 0 Å². The van der Waals surface area contributed by atoms with E-state index in [4.69, 9.17) is 4.74 Å². The molecule has 2 saturated heterocycles. The molecule has 2 aliphatic heterocycles. The van der Waals surface area contributed by atoms with Crippen LogP contribution in [0.5, 0.6) is 5.75 Å². The Labute approximate surface area is 211 Å². The van der Waals surface area contributed by atoms with Crippen molar-refractivity contribution < 1.29 is 19.4 Å². The monoisotopic (exact) mass is 482 g/mol. The van der Waals surface area contributed by atoms with Crippen LogP contribution in [0.4, 0.5) is 11.4 Å². The Kier molecular flexibility index (Phi) is 6.76. The van der Waals surface area contributed by atoms with Gasteiger partial charge in [0.1, 0.15) is 11.5 Å². The zero-order chi connectivity index (χ0) is 25.1. The summed E-state index contributed by atoms with van der Waals surface area (Å²) >= 11 is 0. The third-order valence-electron chi connectivity index (χ3n) is 6.83. The second-order valence-electron chi connectivity index (χ2n) is 9.10.